The molecule has 2 aromatic heterocycles. The average Bonchev–Trinajstić information content (AvgIpc) is 3.03. The number of halogens is 2. The van der Waals surface area contributed by atoms with E-state index in [4.69, 9.17) is 4.42 Å². The summed E-state index contributed by atoms with van der Waals surface area (Å²) in [6.07, 6.45) is 3.02. The molecule has 1 aromatic carbocycles. The first-order chi connectivity index (χ1) is 10.7. The summed E-state index contributed by atoms with van der Waals surface area (Å²) < 4.78 is 31.2. The summed E-state index contributed by atoms with van der Waals surface area (Å²) in [7, 11) is 0. The molecule has 2 heterocycles. The number of hydrogen-bond donors (Lipinski definition) is 2. The first-order valence-electron chi connectivity index (χ1n) is 6.39. The number of nitrogens with one attached hydrogen (secondary N) is 2. The molecule has 0 aliphatic carbocycles. The monoisotopic (exact) mass is 303 g/mol. The van der Waals surface area contributed by atoms with Crippen LogP contribution in [0, 0.1) is 11.6 Å². The molecule has 112 valence electrons. The third kappa shape index (κ3) is 3.35. The Morgan fingerprint density at radius 1 is 1.14 bits per heavy atom. The van der Waals surface area contributed by atoms with E-state index in [1.807, 2.05) is 6.07 Å². The fraction of sp³-hybridized carbons (Fsp3) is 0.0714. The van der Waals surface area contributed by atoms with Crippen LogP contribution in [0.2, 0.25) is 0 Å². The predicted octanol–water partition coefficient (Wildman–Crippen LogP) is 3.10. The molecule has 22 heavy (non-hydrogen) atoms. The summed E-state index contributed by atoms with van der Waals surface area (Å²) in [5.41, 5.74) is 0.323. The highest BCUT2D eigenvalue weighted by Crippen LogP contribution is 2.17. The molecule has 8 heteroatoms. The van der Waals surface area contributed by atoms with Crippen LogP contribution in [0.5, 0.6) is 0 Å². The maximum absolute atomic E-state index is 13.1. The van der Waals surface area contributed by atoms with Crippen molar-refractivity contribution in [3.8, 4) is 0 Å². The first kappa shape index (κ1) is 13.9. The standard InChI is InChI=1S/C14H11F2N5O/c15-11-4-3-9(6-12(11)16)19-14-20-13(8-18-21-14)17-7-10-2-1-5-22-10/h1-6,8H,7H2,(H2,17,19,20,21). The Hall–Kier alpha value is -3.03. The first-order valence-corrected chi connectivity index (χ1v) is 6.39. The van der Waals surface area contributed by atoms with Crippen molar-refractivity contribution in [3.63, 3.8) is 0 Å². The zero-order valence-corrected chi connectivity index (χ0v) is 11.3. The van der Waals surface area contributed by atoms with Crippen LogP contribution in [0.15, 0.2) is 47.2 Å². The number of anilines is 3. The van der Waals surface area contributed by atoms with Gasteiger partial charge in [-0.25, -0.2) is 8.78 Å². The van der Waals surface area contributed by atoms with Gasteiger partial charge in [0.05, 0.1) is 19.0 Å². The van der Waals surface area contributed by atoms with Gasteiger partial charge in [-0.1, -0.05) is 0 Å². The largest absolute Gasteiger partial charge is 0.467 e. The van der Waals surface area contributed by atoms with Crippen molar-refractivity contribution in [1.82, 2.24) is 15.2 Å². The number of hydrogen-bond acceptors (Lipinski definition) is 6. The molecule has 0 unspecified atom stereocenters. The van der Waals surface area contributed by atoms with Crippen molar-refractivity contribution in [2.24, 2.45) is 0 Å². The Balaban J connectivity index is 1.69. The van der Waals surface area contributed by atoms with E-state index >= 15 is 0 Å². The maximum atomic E-state index is 13.1. The highest BCUT2D eigenvalue weighted by Gasteiger charge is 2.05. The molecule has 0 saturated heterocycles. The summed E-state index contributed by atoms with van der Waals surface area (Å²) in [5, 5.41) is 13.3. The summed E-state index contributed by atoms with van der Waals surface area (Å²) >= 11 is 0. The van der Waals surface area contributed by atoms with Gasteiger partial charge in [-0.05, 0) is 24.3 Å². The van der Waals surface area contributed by atoms with Crippen LogP contribution in [0.25, 0.3) is 0 Å². The number of benzene rings is 1. The molecule has 0 atom stereocenters. The van der Waals surface area contributed by atoms with Crippen LogP contribution in [0.1, 0.15) is 5.76 Å². The SMILES string of the molecule is Fc1ccc(Nc2nncc(NCc3ccco3)n2)cc1F. The highest BCUT2D eigenvalue weighted by atomic mass is 19.2. The maximum Gasteiger partial charge on any atom is 0.249 e. The van der Waals surface area contributed by atoms with E-state index < -0.39 is 11.6 Å². The number of furan rings is 1. The second-order valence-electron chi connectivity index (χ2n) is 4.35. The third-order valence-corrected chi connectivity index (χ3v) is 2.76. The fourth-order valence-corrected chi connectivity index (χ4v) is 1.74. The lowest BCUT2D eigenvalue weighted by atomic mass is 10.3. The second kappa shape index (κ2) is 6.17. The smallest absolute Gasteiger partial charge is 0.249 e. The van der Waals surface area contributed by atoms with Gasteiger partial charge in [-0.15, -0.1) is 5.10 Å². The van der Waals surface area contributed by atoms with Gasteiger partial charge in [0.25, 0.3) is 0 Å². The molecule has 6 nitrogen and oxygen atoms in total. The van der Waals surface area contributed by atoms with Gasteiger partial charge in [0.2, 0.25) is 5.95 Å². The molecule has 0 saturated carbocycles. The van der Waals surface area contributed by atoms with Crippen molar-refractivity contribution < 1.29 is 13.2 Å². The zero-order valence-electron chi connectivity index (χ0n) is 11.3. The molecular weight excluding hydrogens is 292 g/mol. The molecule has 0 bridgehead atoms. The Bertz CT molecular complexity index is 764. The Morgan fingerprint density at radius 2 is 2.05 bits per heavy atom. The van der Waals surface area contributed by atoms with E-state index in [0.717, 1.165) is 17.9 Å². The van der Waals surface area contributed by atoms with Crippen molar-refractivity contribution in [1.29, 1.82) is 0 Å². The normalized spacial score (nSPS) is 10.5. The third-order valence-electron chi connectivity index (χ3n) is 2.76. The summed E-state index contributed by atoms with van der Waals surface area (Å²) in [4.78, 5) is 4.17. The molecular formula is C14H11F2N5O. The molecule has 2 N–H and O–H groups in total. The van der Waals surface area contributed by atoms with Crippen LogP contribution in [0.4, 0.5) is 26.2 Å². The van der Waals surface area contributed by atoms with Crippen LogP contribution in [0.3, 0.4) is 0 Å². The van der Waals surface area contributed by atoms with Gasteiger partial charge in [0.15, 0.2) is 17.5 Å². The van der Waals surface area contributed by atoms with Gasteiger partial charge >= 0.3 is 0 Å². The number of rotatable bonds is 5. The van der Waals surface area contributed by atoms with Crippen molar-refractivity contribution >= 4 is 17.5 Å². The Labute approximate surface area is 124 Å². The Morgan fingerprint density at radius 3 is 2.82 bits per heavy atom. The lowest BCUT2D eigenvalue weighted by molar-refractivity contribution is 0.509. The van der Waals surface area contributed by atoms with Gasteiger partial charge in [0.1, 0.15) is 5.76 Å². The van der Waals surface area contributed by atoms with Gasteiger partial charge in [-0.3, -0.25) is 0 Å². The molecule has 0 radical (unpaired) electrons. The molecule has 0 amide bonds. The lowest BCUT2D eigenvalue weighted by Gasteiger charge is -2.07. The van der Waals surface area contributed by atoms with Crippen LogP contribution >= 0.6 is 0 Å². The number of nitrogens with zero attached hydrogens (tertiary/aromatic N) is 3. The molecule has 0 fully saturated rings. The lowest BCUT2D eigenvalue weighted by Crippen LogP contribution is -2.05. The highest BCUT2D eigenvalue weighted by molar-refractivity contribution is 5.54. The van der Waals surface area contributed by atoms with Crippen LogP contribution < -0.4 is 10.6 Å². The van der Waals surface area contributed by atoms with Crippen LogP contribution in [-0.4, -0.2) is 15.2 Å². The summed E-state index contributed by atoms with van der Waals surface area (Å²) in [6.45, 7) is 0.441. The van der Waals surface area contributed by atoms with Gasteiger partial charge < -0.3 is 15.1 Å². The van der Waals surface area contributed by atoms with E-state index in [9.17, 15) is 8.78 Å². The second-order valence-corrected chi connectivity index (χ2v) is 4.35. The van der Waals surface area contributed by atoms with E-state index in [2.05, 4.69) is 25.8 Å². The van der Waals surface area contributed by atoms with E-state index in [-0.39, 0.29) is 5.95 Å². The summed E-state index contributed by atoms with van der Waals surface area (Å²) in [5.74, 6) is -0.496. The van der Waals surface area contributed by atoms with E-state index in [0.29, 0.717) is 18.1 Å². The topological polar surface area (TPSA) is 75.9 Å². The predicted molar refractivity (Wildman–Crippen MR) is 75.5 cm³/mol. The fourth-order valence-electron chi connectivity index (χ4n) is 1.74. The summed E-state index contributed by atoms with van der Waals surface area (Å²) in [6, 6.07) is 7.02. The number of aromatic nitrogens is 3. The molecule has 3 rings (SSSR count). The molecule has 0 spiro atoms. The zero-order chi connectivity index (χ0) is 15.4. The average molecular weight is 303 g/mol. The van der Waals surface area contributed by atoms with E-state index in [1.54, 1.807) is 12.3 Å². The van der Waals surface area contributed by atoms with Crippen LogP contribution in [-0.2, 0) is 6.54 Å². The minimum Gasteiger partial charge on any atom is -0.467 e. The van der Waals surface area contributed by atoms with Crippen molar-refractivity contribution in [3.05, 3.63) is 60.2 Å². The minimum absolute atomic E-state index is 0.162. The molecule has 3 aromatic rings. The Kier molecular flexibility index (Phi) is 3.90. The van der Waals surface area contributed by atoms with Crippen molar-refractivity contribution in [2.75, 3.05) is 10.6 Å². The molecule has 0 aliphatic heterocycles. The van der Waals surface area contributed by atoms with Gasteiger partial charge in [-0.2, -0.15) is 10.1 Å². The van der Waals surface area contributed by atoms with Gasteiger partial charge in [0, 0.05) is 11.8 Å². The quantitative estimate of drug-likeness (QED) is 0.754. The van der Waals surface area contributed by atoms with Crippen molar-refractivity contribution in [2.45, 2.75) is 6.54 Å². The minimum atomic E-state index is -0.954. The van der Waals surface area contributed by atoms with E-state index in [1.165, 1.54) is 12.3 Å². The molecule has 0 aliphatic rings.